The molecule has 7 nitrogen and oxygen atoms in total. The first-order valence-corrected chi connectivity index (χ1v) is 8.04. The van der Waals surface area contributed by atoms with Crippen molar-refractivity contribution in [2.24, 2.45) is 0 Å². The van der Waals surface area contributed by atoms with Crippen molar-refractivity contribution in [1.29, 1.82) is 0 Å². The van der Waals surface area contributed by atoms with Gasteiger partial charge in [0.1, 0.15) is 0 Å². The lowest BCUT2D eigenvalue weighted by Gasteiger charge is -2.38. The smallest absolute Gasteiger partial charge is 0.291 e. The Bertz CT molecular complexity index is 762. The maximum atomic E-state index is 12.0. The summed E-state index contributed by atoms with van der Waals surface area (Å²) in [6.07, 6.45) is 1.39. The van der Waals surface area contributed by atoms with E-state index in [1.165, 1.54) is 18.4 Å². The Balaban J connectivity index is 1.85. The summed E-state index contributed by atoms with van der Waals surface area (Å²) in [5.41, 5.74) is 0.940. The number of aromatic carboxylic acids is 1. The van der Waals surface area contributed by atoms with E-state index in [1.54, 1.807) is 18.2 Å². The van der Waals surface area contributed by atoms with Gasteiger partial charge in [-0.1, -0.05) is 0 Å². The van der Waals surface area contributed by atoms with Crippen LogP contribution in [0.25, 0.3) is 0 Å². The number of carboxylic acid groups (broad SMARTS) is 1. The van der Waals surface area contributed by atoms with Crippen LogP contribution < -0.4 is 15.3 Å². The molecule has 0 unspecified atom stereocenters. The molecule has 1 aromatic heterocycles. The molecule has 1 aliphatic rings. The van der Waals surface area contributed by atoms with E-state index in [4.69, 9.17) is 9.15 Å². The molecular formula is C18H19N2O5-. The maximum Gasteiger partial charge on any atom is 0.291 e. The normalized spacial score (nSPS) is 20.3. The first-order valence-electron chi connectivity index (χ1n) is 8.04. The molecule has 1 N–H and O–H groups in total. The Labute approximate surface area is 145 Å². The van der Waals surface area contributed by atoms with Crippen molar-refractivity contribution < 1.29 is 23.8 Å². The number of amides is 1. The number of nitrogens with zero attached hydrogens (tertiary/aromatic N) is 1. The average molecular weight is 343 g/mol. The average Bonchev–Trinajstić information content (AvgIpc) is 3.08. The minimum absolute atomic E-state index is 0.00307. The van der Waals surface area contributed by atoms with Crippen molar-refractivity contribution in [2.75, 3.05) is 23.3 Å². The van der Waals surface area contributed by atoms with Gasteiger partial charge in [0.25, 0.3) is 5.91 Å². The number of carboxylic acids is 1. The number of furan rings is 1. The van der Waals surface area contributed by atoms with Gasteiger partial charge in [-0.3, -0.25) is 4.79 Å². The molecule has 1 amide bonds. The second-order valence-corrected chi connectivity index (χ2v) is 6.11. The summed E-state index contributed by atoms with van der Waals surface area (Å²) in [5, 5.41) is 14.2. The van der Waals surface area contributed by atoms with Crippen molar-refractivity contribution in [3.05, 3.63) is 47.9 Å². The molecule has 0 saturated carbocycles. The largest absolute Gasteiger partial charge is 0.545 e. The van der Waals surface area contributed by atoms with Crippen LogP contribution in [0.3, 0.4) is 0 Å². The molecule has 0 aliphatic carbocycles. The van der Waals surface area contributed by atoms with Crippen LogP contribution >= 0.6 is 0 Å². The highest BCUT2D eigenvalue weighted by atomic mass is 16.5. The molecular weight excluding hydrogens is 324 g/mol. The fraction of sp³-hybridized carbons (Fsp3) is 0.333. The molecule has 0 bridgehead atoms. The number of morpholine rings is 1. The van der Waals surface area contributed by atoms with E-state index in [1.807, 2.05) is 18.7 Å². The van der Waals surface area contributed by atoms with E-state index in [0.29, 0.717) is 24.5 Å². The van der Waals surface area contributed by atoms with Crippen molar-refractivity contribution in [3.63, 3.8) is 0 Å². The first-order chi connectivity index (χ1) is 11.9. The molecule has 2 aromatic rings. The molecule has 3 rings (SSSR count). The molecule has 2 atom stereocenters. The molecule has 1 aromatic carbocycles. The fourth-order valence-electron chi connectivity index (χ4n) is 3.03. The van der Waals surface area contributed by atoms with Gasteiger partial charge in [-0.05, 0) is 44.2 Å². The van der Waals surface area contributed by atoms with Gasteiger partial charge in [-0.25, -0.2) is 0 Å². The van der Waals surface area contributed by atoms with Crippen LogP contribution in [0.15, 0.2) is 41.0 Å². The molecule has 0 radical (unpaired) electrons. The SMILES string of the molecule is C[C@@H]1CN(c2ccc(NC(=O)c3ccco3)cc2C(=O)[O-])C[C@@H](C)O1. The molecule has 1 saturated heterocycles. The summed E-state index contributed by atoms with van der Waals surface area (Å²) in [6.45, 7) is 5.06. The predicted octanol–water partition coefficient (Wildman–Crippen LogP) is 1.51. The highest BCUT2D eigenvalue weighted by Gasteiger charge is 2.24. The summed E-state index contributed by atoms with van der Waals surface area (Å²) in [7, 11) is 0. The van der Waals surface area contributed by atoms with Crippen LogP contribution in [-0.4, -0.2) is 37.2 Å². The lowest BCUT2D eigenvalue weighted by molar-refractivity contribution is -0.254. The maximum absolute atomic E-state index is 12.0. The summed E-state index contributed by atoms with van der Waals surface area (Å²) in [4.78, 5) is 25.6. The van der Waals surface area contributed by atoms with Crippen molar-refractivity contribution in [1.82, 2.24) is 0 Å². The van der Waals surface area contributed by atoms with Crippen LogP contribution in [0.1, 0.15) is 34.8 Å². The Kier molecular flexibility index (Phi) is 4.76. The van der Waals surface area contributed by atoms with Gasteiger partial charge in [0, 0.05) is 30.0 Å². The Morgan fingerprint density at radius 2 is 1.92 bits per heavy atom. The van der Waals surface area contributed by atoms with Gasteiger partial charge in [-0.2, -0.15) is 0 Å². The summed E-state index contributed by atoms with van der Waals surface area (Å²) in [5.74, 6) is -1.60. The van der Waals surface area contributed by atoms with E-state index >= 15 is 0 Å². The Hall–Kier alpha value is -2.80. The minimum Gasteiger partial charge on any atom is -0.545 e. The van der Waals surface area contributed by atoms with E-state index < -0.39 is 11.9 Å². The van der Waals surface area contributed by atoms with E-state index in [9.17, 15) is 14.7 Å². The van der Waals surface area contributed by atoms with Gasteiger partial charge in [0.2, 0.25) is 0 Å². The fourth-order valence-corrected chi connectivity index (χ4v) is 3.03. The van der Waals surface area contributed by atoms with Gasteiger partial charge >= 0.3 is 0 Å². The summed E-state index contributed by atoms with van der Waals surface area (Å²) in [6, 6.07) is 7.86. The molecule has 0 spiro atoms. The number of anilines is 2. The topological polar surface area (TPSA) is 94.8 Å². The third kappa shape index (κ3) is 3.83. The van der Waals surface area contributed by atoms with E-state index in [2.05, 4.69) is 5.32 Å². The van der Waals surface area contributed by atoms with Crippen LogP contribution in [0, 0.1) is 0 Å². The standard InChI is InChI=1S/C18H20N2O5/c1-11-9-20(10-12(2)25-11)15-6-5-13(8-14(15)18(22)23)19-17(21)16-4-3-7-24-16/h3-8,11-12H,9-10H2,1-2H3,(H,19,21)(H,22,23)/p-1/t11-,12-/m1/s1. The van der Waals surface area contributed by atoms with Crippen molar-refractivity contribution >= 4 is 23.3 Å². The second kappa shape index (κ2) is 6.98. The zero-order chi connectivity index (χ0) is 18.0. The second-order valence-electron chi connectivity index (χ2n) is 6.11. The van der Waals surface area contributed by atoms with Gasteiger partial charge in [0.15, 0.2) is 5.76 Å². The quantitative estimate of drug-likeness (QED) is 0.904. The number of carbonyl (C=O) groups is 2. The monoisotopic (exact) mass is 343 g/mol. The number of hydrogen-bond acceptors (Lipinski definition) is 6. The lowest BCUT2D eigenvalue weighted by Crippen LogP contribution is -2.46. The molecule has 25 heavy (non-hydrogen) atoms. The summed E-state index contributed by atoms with van der Waals surface area (Å²) < 4.78 is 10.7. The summed E-state index contributed by atoms with van der Waals surface area (Å²) >= 11 is 0. The highest BCUT2D eigenvalue weighted by Crippen LogP contribution is 2.27. The molecule has 1 fully saturated rings. The van der Waals surface area contributed by atoms with Crippen LogP contribution in [0.2, 0.25) is 0 Å². The molecule has 7 heteroatoms. The van der Waals surface area contributed by atoms with E-state index in [-0.39, 0.29) is 23.5 Å². The van der Waals surface area contributed by atoms with Crippen LogP contribution in [0.5, 0.6) is 0 Å². The zero-order valence-electron chi connectivity index (χ0n) is 14.0. The molecule has 1 aliphatic heterocycles. The highest BCUT2D eigenvalue weighted by molar-refractivity contribution is 6.03. The van der Waals surface area contributed by atoms with E-state index in [0.717, 1.165) is 0 Å². The number of ether oxygens (including phenoxy) is 1. The first kappa shape index (κ1) is 17.0. The van der Waals surface area contributed by atoms with Crippen LogP contribution in [-0.2, 0) is 4.74 Å². The van der Waals surface area contributed by atoms with Gasteiger partial charge in [0.05, 0.1) is 24.4 Å². The number of benzene rings is 1. The van der Waals surface area contributed by atoms with Crippen LogP contribution in [0.4, 0.5) is 11.4 Å². The number of hydrogen-bond donors (Lipinski definition) is 1. The molecule has 2 heterocycles. The Morgan fingerprint density at radius 1 is 1.20 bits per heavy atom. The number of carbonyl (C=O) groups excluding carboxylic acids is 2. The minimum atomic E-state index is -1.30. The van der Waals surface area contributed by atoms with Crippen molar-refractivity contribution in [2.45, 2.75) is 26.1 Å². The zero-order valence-corrected chi connectivity index (χ0v) is 14.0. The van der Waals surface area contributed by atoms with Crippen molar-refractivity contribution in [3.8, 4) is 0 Å². The number of rotatable bonds is 4. The number of nitrogens with one attached hydrogen (secondary N) is 1. The van der Waals surface area contributed by atoms with Gasteiger partial charge in [-0.15, -0.1) is 0 Å². The lowest BCUT2D eigenvalue weighted by atomic mass is 10.1. The third-order valence-electron chi connectivity index (χ3n) is 3.98. The molecule has 132 valence electrons. The third-order valence-corrected chi connectivity index (χ3v) is 3.98. The Morgan fingerprint density at radius 3 is 2.52 bits per heavy atom. The van der Waals surface area contributed by atoms with Gasteiger partial charge < -0.3 is 29.3 Å². The predicted molar refractivity (Wildman–Crippen MR) is 89.7 cm³/mol.